The van der Waals surface area contributed by atoms with Crippen LogP contribution in [0, 0.1) is 0 Å². The van der Waals surface area contributed by atoms with E-state index in [1.54, 1.807) is 24.3 Å². The van der Waals surface area contributed by atoms with Crippen LogP contribution in [0.3, 0.4) is 0 Å². The van der Waals surface area contributed by atoms with Crippen molar-refractivity contribution in [3.8, 4) is 17.2 Å². The van der Waals surface area contributed by atoms with Crippen molar-refractivity contribution < 1.29 is 22.7 Å². The third-order valence-electron chi connectivity index (χ3n) is 3.89. The molecule has 0 bridgehead atoms. The number of benzene rings is 2. The molecule has 3 rings (SSSR count). The zero-order chi connectivity index (χ0) is 21.0. The monoisotopic (exact) mass is 432 g/mol. The average Bonchev–Trinajstić information content (AvgIpc) is 2.68. The highest BCUT2D eigenvalue weighted by molar-refractivity contribution is 7.92. The lowest BCUT2D eigenvalue weighted by Gasteiger charge is -2.13. The van der Waals surface area contributed by atoms with Crippen molar-refractivity contribution in [1.29, 1.82) is 0 Å². The molecule has 0 atom stereocenters. The second kappa shape index (κ2) is 8.50. The first-order valence-electron chi connectivity index (χ1n) is 8.39. The van der Waals surface area contributed by atoms with Gasteiger partial charge in [-0.05, 0) is 49.4 Å². The van der Waals surface area contributed by atoms with E-state index < -0.39 is 10.0 Å². The fourth-order valence-electron chi connectivity index (χ4n) is 2.49. The molecule has 2 aromatic carbocycles. The van der Waals surface area contributed by atoms with Crippen LogP contribution in [0.1, 0.15) is 17.3 Å². The van der Waals surface area contributed by atoms with Crippen molar-refractivity contribution in [1.82, 2.24) is 4.98 Å². The summed E-state index contributed by atoms with van der Waals surface area (Å²) in [4.78, 5) is 15.9. The quantitative estimate of drug-likeness (QED) is 0.551. The number of aromatic nitrogens is 1. The number of carbonyl (C=O) groups excluding carboxylic acids is 1. The molecule has 3 aromatic rings. The SMILES string of the molecule is COc1ccc(NS(=O)(=O)c2ccc(Oc3cncc(Cl)c3)c(C(C)=O)c2)cc1. The maximum Gasteiger partial charge on any atom is 0.261 e. The Balaban J connectivity index is 1.91. The minimum atomic E-state index is -3.92. The number of hydrogen-bond acceptors (Lipinski definition) is 6. The highest BCUT2D eigenvalue weighted by Crippen LogP contribution is 2.29. The van der Waals surface area contributed by atoms with Crippen molar-refractivity contribution in [3.63, 3.8) is 0 Å². The molecule has 0 aliphatic heterocycles. The molecular weight excluding hydrogens is 416 g/mol. The molecule has 0 saturated carbocycles. The Hall–Kier alpha value is -3.10. The van der Waals surface area contributed by atoms with Gasteiger partial charge in [-0.2, -0.15) is 0 Å². The van der Waals surface area contributed by atoms with Gasteiger partial charge in [0.2, 0.25) is 0 Å². The Kier molecular flexibility index (Phi) is 6.05. The Morgan fingerprint density at radius 2 is 1.76 bits per heavy atom. The fourth-order valence-corrected chi connectivity index (χ4v) is 3.74. The number of ether oxygens (including phenoxy) is 2. The van der Waals surface area contributed by atoms with E-state index in [9.17, 15) is 13.2 Å². The molecule has 29 heavy (non-hydrogen) atoms. The number of pyridine rings is 1. The largest absolute Gasteiger partial charge is 0.497 e. The van der Waals surface area contributed by atoms with E-state index in [1.165, 1.54) is 50.7 Å². The number of nitrogens with zero attached hydrogens (tertiary/aromatic N) is 1. The summed E-state index contributed by atoms with van der Waals surface area (Å²) in [6.07, 6.45) is 2.88. The summed E-state index contributed by atoms with van der Waals surface area (Å²) in [5.41, 5.74) is 0.475. The summed E-state index contributed by atoms with van der Waals surface area (Å²) < 4.78 is 38.6. The first-order valence-corrected chi connectivity index (χ1v) is 10.2. The number of Topliss-reactive ketones (excluding diaryl/α,β-unsaturated/α-hetero) is 1. The van der Waals surface area contributed by atoms with Gasteiger partial charge in [-0.15, -0.1) is 0 Å². The van der Waals surface area contributed by atoms with Crippen LogP contribution in [0.4, 0.5) is 5.69 Å². The summed E-state index contributed by atoms with van der Waals surface area (Å²) in [7, 11) is -2.40. The first kappa shape index (κ1) is 20.6. The lowest BCUT2D eigenvalue weighted by Crippen LogP contribution is -2.14. The molecular formula is C20H17ClN2O5S. The molecule has 0 unspecified atom stereocenters. The first-order chi connectivity index (χ1) is 13.8. The van der Waals surface area contributed by atoms with Gasteiger partial charge in [0.05, 0.1) is 28.8 Å². The third kappa shape index (κ3) is 5.04. The Morgan fingerprint density at radius 1 is 1.03 bits per heavy atom. The topological polar surface area (TPSA) is 94.6 Å². The van der Waals surface area contributed by atoms with Gasteiger partial charge in [0.1, 0.15) is 17.2 Å². The number of carbonyl (C=O) groups is 1. The molecule has 9 heteroatoms. The molecule has 0 saturated heterocycles. The van der Waals surface area contributed by atoms with Crippen LogP contribution in [0.5, 0.6) is 17.2 Å². The van der Waals surface area contributed by atoms with Gasteiger partial charge in [0.25, 0.3) is 10.0 Å². The van der Waals surface area contributed by atoms with E-state index in [2.05, 4.69) is 9.71 Å². The van der Waals surface area contributed by atoms with Crippen LogP contribution in [0.2, 0.25) is 5.02 Å². The van der Waals surface area contributed by atoms with Gasteiger partial charge in [0.15, 0.2) is 5.78 Å². The molecule has 1 aromatic heterocycles. The molecule has 150 valence electrons. The molecule has 1 N–H and O–H groups in total. The molecule has 0 aliphatic rings. The highest BCUT2D eigenvalue weighted by atomic mass is 35.5. The van der Waals surface area contributed by atoms with Crippen molar-refractivity contribution >= 4 is 33.1 Å². The van der Waals surface area contributed by atoms with E-state index in [-0.39, 0.29) is 22.0 Å². The lowest BCUT2D eigenvalue weighted by atomic mass is 10.1. The third-order valence-corrected chi connectivity index (χ3v) is 5.48. The molecule has 0 radical (unpaired) electrons. The second-order valence-corrected chi connectivity index (χ2v) is 8.11. The number of halogens is 1. The van der Waals surface area contributed by atoms with E-state index in [4.69, 9.17) is 21.1 Å². The second-order valence-electron chi connectivity index (χ2n) is 5.99. The normalized spacial score (nSPS) is 11.0. The van der Waals surface area contributed by atoms with Crippen LogP contribution in [-0.2, 0) is 10.0 Å². The van der Waals surface area contributed by atoms with E-state index >= 15 is 0 Å². The van der Waals surface area contributed by atoms with Gasteiger partial charge >= 0.3 is 0 Å². The van der Waals surface area contributed by atoms with Crippen LogP contribution < -0.4 is 14.2 Å². The zero-order valence-corrected chi connectivity index (χ0v) is 17.1. The number of ketones is 1. The Bertz CT molecular complexity index is 1150. The zero-order valence-electron chi connectivity index (χ0n) is 15.5. The highest BCUT2D eigenvalue weighted by Gasteiger charge is 2.19. The van der Waals surface area contributed by atoms with Crippen LogP contribution >= 0.6 is 11.6 Å². The van der Waals surface area contributed by atoms with Gasteiger partial charge in [0, 0.05) is 18.0 Å². The number of hydrogen-bond donors (Lipinski definition) is 1. The summed E-state index contributed by atoms with van der Waals surface area (Å²) in [6.45, 7) is 1.33. The molecule has 7 nitrogen and oxygen atoms in total. The van der Waals surface area contributed by atoms with Gasteiger partial charge in [-0.1, -0.05) is 11.6 Å². The van der Waals surface area contributed by atoms with Crippen molar-refractivity contribution in [2.24, 2.45) is 0 Å². The molecule has 0 amide bonds. The van der Waals surface area contributed by atoms with Gasteiger partial charge < -0.3 is 9.47 Å². The lowest BCUT2D eigenvalue weighted by molar-refractivity contribution is 0.101. The average molecular weight is 433 g/mol. The smallest absolute Gasteiger partial charge is 0.261 e. The standard InChI is InChI=1S/C20H17ClN2O5S/c1-13(24)19-10-18(7-8-20(19)28-17-9-14(21)11-22-12-17)29(25,26)23-15-3-5-16(27-2)6-4-15/h3-12,23H,1-2H3. The molecule has 0 fully saturated rings. The fraction of sp³-hybridized carbons (Fsp3) is 0.100. The molecule has 0 aliphatic carbocycles. The Morgan fingerprint density at radius 3 is 2.38 bits per heavy atom. The number of anilines is 1. The minimum absolute atomic E-state index is 0.0740. The number of nitrogens with one attached hydrogen (secondary N) is 1. The van der Waals surface area contributed by atoms with Crippen LogP contribution in [0.25, 0.3) is 0 Å². The maximum atomic E-state index is 12.7. The summed E-state index contributed by atoms with van der Waals surface area (Å²) >= 11 is 5.89. The minimum Gasteiger partial charge on any atom is -0.497 e. The number of methoxy groups -OCH3 is 1. The predicted molar refractivity (Wildman–Crippen MR) is 110 cm³/mol. The van der Waals surface area contributed by atoms with Crippen LogP contribution in [-0.4, -0.2) is 26.3 Å². The number of rotatable bonds is 7. The maximum absolute atomic E-state index is 12.7. The molecule has 0 spiro atoms. The molecule has 1 heterocycles. The van der Waals surface area contributed by atoms with Gasteiger partial charge in [-0.25, -0.2) is 8.42 Å². The van der Waals surface area contributed by atoms with E-state index in [0.29, 0.717) is 22.2 Å². The van der Waals surface area contributed by atoms with Crippen LogP contribution in [0.15, 0.2) is 65.8 Å². The van der Waals surface area contributed by atoms with Crippen molar-refractivity contribution in [2.75, 3.05) is 11.8 Å². The summed E-state index contributed by atoms with van der Waals surface area (Å²) in [5.74, 6) is 0.775. The van der Waals surface area contributed by atoms with E-state index in [1.807, 2.05) is 0 Å². The summed E-state index contributed by atoms with van der Waals surface area (Å²) in [6, 6.07) is 12.0. The number of sulfonamides is 1. The van der Waals surface area contributed by atoms with Gasteiger partial charge in [-0.3, -0.25) is 14.5 Å². The Labute approximate surface area is 173 Å². The van der Waals surface area contributed by atoms with Crippen molar-refractivity contribution in [3.05, 3.63) is 71.5 Å². The van der Waals surface area contributed by atoms with E-state index in [0.717, 1.165) is 0 Å². The van der Waals surface area contributed by atoms with Crippen molar-refractivity contribution in [2.45, 2.75) is 11.8 Å². The predicted octanol–water partition coefficient (Wildman–Crippen LogP) is 4.54. The summed E-state index contributed by atoms with van der Waals surface area (Å²) in [5, 5.41) is 0.370.